The van der Waals surface area contributed by atoms with Crippen LogP contribution in [0.25, 0.3) is 9.40 Å². The second-order valence-electron chi connectivity index (χ2n) is 4.04. The predicted octanol–water partition coefficient (Wildman–Crippen LogP) is 4.31. The highest BCUT2D eigenvalue weighted by atomic mass is 32.1. The SMILES string of the molecule is CCNC(Cc1nccs1)c1cc2sccc2s1. The molecule has 1 N–H and O–H groups in total. The Hall–Kier alpha value is -0.750. The molecule has 5 heteroatoms. The number of hydrogen-bond donors (Lipinski definition) is 1. The van der Waals surface area contributed by atoms with Crippen LogP contribution in [-0.2, 0) is 6.42 Å². The zero-order valence-corrected chi connectivity index (χ0v) is 12.5. The maximum Gasteiger partial charge on any atom is 0.0944 e. The highest BCUT2D eigenvalue weighted by molar-refractivity contribution is 7.27. The van der Waals surface area contributed by atoms with Gasteiger partial charge in [0.1, 0.15) is 0 Å². The maximum atomic E-state index is 4.39. The van der Waals surface area contributed by atoms with Crippen LogP contribution in [0, 0.1) is 0 Å². The molecular formula is C13H14N2S3. The van der Waals surface area contributed by atoms with Gasteiger partial charge in [0, 0.05) is 38.3 Å². The van der Waals surface area contributed by atoms with Crippen molar-refractivity contribution in [1.82, 2.24) is 10.3 Å². The molecule has 0 spiro atoms. The van der Waals surface area contributed by atoms with E-state index in [1.807, 2.05) is 34.3 Å². The standard InChI is InChI=1S/C13H14N2S3/c1-2-14-9(7-13-15-4-6-17-13)11-8-12-10(18-11)3-5-16-12/h3-6,8-9,14H,2,7H2,1H3. The normalized spacial score (nSPS) is 13.2. The van der Waals surface area contributed by atoms with Crippen molar-refractivity contribution in [2.45, 2.75) is 19.4 Å². The first-order valence-corrected chi connectivity index (χ1v) is 8.53. The Morgan fingerprint density at radius 2 is 2.22 bits per heavy atom. The lowest BCUT2D eigenvalue weighted by atomic mass is 10.2. The fourth-order valence-corrected chi connectivity index (χ4v) is 4.86. The summed E-state index contributed by atoms with van der Waals surface area (Å²) in [6.45, 7) is 3.15. The van der Waals surface area contributed by atoms with Crippen molar-refractivity contribution in [3.8, 4) is 0 Å². The van der Waals surface area contributed by atoms with Crippen molar-refractivity contribution >= 4 is 43.4 Å². The number of thiazole rings is 1. The molecule has 0 aliphatic carbocycles. The van der Waals surface area contributed by atoms with Crippen molar-refractivity contribution in [2.75, 3.05) is 6.54 Å². The molecule has 0 bridgehead atoms. The van der Waals surface area contributed by atoms with Crippen molar-refractivity contribution in [2.24, 2.45) is 0 Å². The van der Waals surface area contributed by atoms with Gasteiger partial charge in [-0.25, -0.2) is 4.98 Å². The van der Waals surface area contributed by atoms with Crippen molar-refractivity contribution < 1.29 is 0 Å². The summed E-state index contributed by atoms with van der Waals surface area (Å²) in [7, 11) is 0. The molecule has 0 aliphatic heterocycles. The van der Waals surface area contributed by atoms with Gasteiger partial charge in [-0.3, -0.25) is 0 Å². The van der Waals surface area contributed by atoms with Crippen LogP contribution in [0.4, 0.5) is 0 Å². The van der Waals surface area contributed by atoms with Gasteiger partial charge in [-0.05, 0) is 24.1 Å². The number of likely N-dealkylation sites (N-methyl/N-ethyl adjacent to an activating group) is 1. The van der Waals surface area contributed by atoms with Gasteiger partial charge in [0.15, 0.2) is 0 Å². The lowest BCUT2D eigenvalue weighted by molar-refractivity contribution is 0.557. The third kappa shape index (κ3) is 2.49. The van der Waals surface area contributed by atoms with E-state index in [-0.39, 0.29) is 0 Å². The molecule has 94 valence electrons. The summed E-state index contributed by atoms with van der Waals surface area (Å²) in [4.78, 5) is 5.82. The minimum atomic E-state index is 0.394. The summed E-state index contributed by atoms with van der Waals surface area (Å²) < 4.78 is 2.80. The van der Waals surface area contributed by atoms with Crippen LogP contribution < -0.4 is 5.32 Å². The molecule has 2 nitrogen and oxygen atoms in total. The summed E-state index contributed by atoms with van der Waals surface area (Å²) in [6.07, 6.45) is 2.87. The molecule has 0 aromatic carbocycles. The average molecular weight is 294 g/mol. The van der Waals surface area contributed by atoms with Gasteiger partial charge >= 0.3 is 0 Å². The third-order valence-electron chi connectivity index (χ3n) is 2.81. The number of fused-ring (bicyclic) bond motifs is 1. The molecule has 1 atom stereocenters. The lowest BCUT2D eigenvalue weighted by Gasteiger charge is -2.14. The number of thiophene rings is 2. The second kappa shape index (κ2) is 5.48. The monoisotopic (exact) mass is 294 g/mol. The van der Waals surface area contributed by atoms with Crippen LogP contribution in [0.3, 0.4) is 0 Å². The van der Waals surface area contributed by atoms with Crippen LogP contribution in [0.1, 0.15) is 22.9 Å². The van der Waals surface area contributed by atoms with Crippen LogP contribution in [-0.4, -0.2) is 11.5 Å². The van der Waals surface area contributed by atoms with Crippen molar-refractivity contribution in [3.05, 3.63) is 39.0 Å². The molecule has 0 radical (unpaired) electrons. The number of nitrogens with zero attached hydrogens (tertiary/aromatic N) is 1. The molecule has 0 saturated carbocycles. The largest absolute Gasteiger partial charge is 0.309 e. The third-order valence-corrected chi connectivity index (χ3v) is 5.82. The average Bonchev–Trinajstić information content (AvgIpc) is 3.04. The van der Waals surface area contributed by atoms with E-state index < -0.39 is 0 Å². The Bertz CT molecular complexity index is 581. The van der Waals surface area contributed by atoms with E-state index in [0.29, 0.717) is 6.04 Å². The summed E-state index contributed by atoms with van der Waals surface area (Å²) in [5.74, 6) is 0. The Balaban J connectivity index is 1.86. The predicted molar refractivity (Wildman–Crippen MR) is 81.9 cm³/mol. The van der Waals surface area contributed by atoms with Crippen LogP contribution >= 0.6 is 34.0 Å². The molecule has 3 aromatic heterocycles. The smallest absolute Gasteiger partial charge is 0.0944 e. The van der Waals surface area contributed by atoms with Crippen LogP contribution in [0.5, 0.6) is 0 Å². The quantitative estimate of drug-likeness (QED) is 0.758. The van der Waals surface area contributed by atoms with Crippen LogP contribution in [0.2, 0.25) is 0 Å². The Labute approximate surface area is 118 Å². The summed E-state index contributed by atoms with van der Waals surface area (Å²) in [6, 6.07) is 4.93. The molecule has 0 fully saturated rings. The summed E-state index contributed by atoms with van der Waals surface area (Å²) in [5.41, 5.74) is 0. The molecule has 3 rings (SSSR count). The van der Waals surface area contributed by atoms with E-state index >= 15 is 0 Å². The minimum Gasteiger partial charge on any atom is -0.309 e. The van der Waals surface area contributed by atoms with Gasteiger partial charge < -0.3 is 5.32 Å². The molecule has 3 aromatic rings. The Kier molecular flexibility index (Phi) is 3.75. The molecule has 0 amide bonds. The van der Waals surface area contributed by atoms with Gasteiger partial charge in [-0.15, -0.1) is 34.0 Å². The van der Waals surface area contributed by atoms with Gasteiger partial charge in [0.2, 0.25) is 0 Å². The fourth-order valence-electron chi connectivity index (χ4n) is 2.00. The van der Waals surface area contributed by atoms with E-state index in [0.717, 1.165) is 13.0 Å². The molecular weight excluding hydrogens is 280 g/mol. The van der Waals surface area contributed by atoms with Gasteiger partial charge in [0.25, 0.3) is 0 Å². The van der Waals surface area contributed by atoms with E-state index in [1.165, 1.54) is 19.3 Å². The number of hydrogen-bond acceptors (Lipinski definition) is 5. The first-order valence-electron chi connectivity index (χ1n) is 5.95. The van der Waals surface area contributed by atoms with Crippen molar-refractivity contribution in [3.63, 3.8) is 0 Å². The number of rotatable bonds is 5. The number of aromatic nitrogens is 1. The topological polar surface area (TPSA) is 24.9 Å². The highest BCUT2D eigenvalue weighted by Gasteiger charge is 2.15. The Morgan fingerprint density at radius 1 is 1.28 bits per heavy atom. The minimum absolute atomic E-state index is 0.394. The summed E-state index contributed by atoms with van der Waals surface area (Å²) in [5, 5.41) is 8.98. The summed E-state index contributed by atoms with van der Waals surface area (Å²) >= 11 is 5.46. The van der Waals surface area contributed by atoms with Gasteiger partial charge in [0.05, 0.1) is 5.01 Å². The van der Waals surface area contributed by atoms with E-state index in [9.17, 15) is 0 Å². The zero-order valence-electron chi connectivity index (χ0n) is 10.1. The van der Waals surface area contributed by atoms with Gasteiger partial charge in [-0.1, -0.05) is 6.92 Å². The maximum absolute atomic E-state index is 4.39. The Morgan fingerprint density at radius 3 is 2.94 bits per heavy atom. The number of nitrogens with one attached hydrogen (secondary N) is 1. The highest BCUT2D eigenvalue weighted by Crippen LogP contribution is 2.34. The fraction of sp³-hybridized carbons (Fsp3) is 0.308. The van der Waals surface area contributed by atoms with E-state index in [2.05, 4.69) is 34.7 Å². The first-order chi connectivity index (χ1) is 8.86. The molecule has 0 saturated heterocycles. The van der Waals surface area contributed by atoms with Gasteiger partial charge in [-0.2, -0.15) is 0 Å². The molecule has 1 unspecified atom stereocenters. The molecule has 3 heterocycles. The zero-order chi connectivity index (χ0) is 12.4. The first kappa shape index (κ1) is 12.3. The van der Waals surface area contributed by atoms with Crippen molar-refractivity contribution in [1.29, 1.82) is 0 Å². The molecule has 0 aliphatic rings. The van der Waals surface area contributed by atoms with Crippen LogP contribution in [0.15, 0.2) is 29.1 Å². The van der Waals surface area contributed by atoms with E-state index in [4.69, 9.17) is 0 Å². The van der Waals surface area contributed by atoms with E-state index in [1.54, 1.807) is 11.3 Å². The lowest BCUT2D eigenvalue weighted by Crippen LogP contribution is -2.21. The molecule has 18 heavy (non-hydrogen) atoms. The second-order valence-corrected chi connectivity index (χ2v) is 7.08.